The van der Waals surface area contributed by atoms with Gasteiger partial charge in [-0.05, 0) is 50.5 Å². The van der Waals surface area contributed by atoms with Crippen LogP contribution in [0.25, 0.3) is 0 Å². The van der Waals surface area contributed by atoms with E-state index in [1.807, 2.05) is 30.3 Å². The predicted octanol–water partition coefficient (Wildman–Crippen LogP) is 0.898. The molecule has 7 heteroatoms. The second-order valence-corrected chi connectivity index (χ2v) is 7.22. The second-order valence-electron chi connectivity index (χ2n) is 7.22. The van der Waals surface area contributed by atoms with Crippen LogP contribution < -0.4 is 11.2 Å². The van der Waals surface area contributed by atoms with E-state index in [0.717, 1.165) is 5.56 Å². The molecule has 0 saturated heterocycles. The molecular weight excluding hydrogens is 336 g/mol. The average molecular weight is 364 g/mol. The van der Waals surface area contributed by atoms with Crippen LogP contribution in [0.2, 0.25) is 0 Å². The predicted molar refractivity (Wildman–Crippen MR) is 94.9 cm³/mol. The highest BCUT2D eigenvalue weighted by Gasteiger charge is 2.45. The van der Waals surface area contributed by atoms with Crippen molar-refractivity contribution >= 4 is 11.8 Å². The molecule has 1 aliphatic rings. The number of aliphatic hydroxyl groups is 2. The van der Waals surface area contributed by atoms with Crippen molar-refractivity contribution in [2.45, 2.75) is 56.7 Å². The minimum atomic E-state index is -1.37. The molecule has 0 aliphatic heterocycles. The number of aryl methyl sites for hydroxylation is 1. The van der Waals surface area contributed by atoms with Crippen LogP contribution in [0, 0.1) is 11.8 Å². The standard InChI is InChI=1S/C19H28N2O5/c20-17(23)14-8-10-19(25,11-9-14)16(18(24)21-26)12-15(22)7-6-13-4-2-1-3-5-13/h1-5,14-16,22,25-26H,6-12H2,(H2,20,23)(H,21,24)/t14?,15-,16+,19?/m0/s1. The fourth-order valence-corrected chi connectivity index (χ4v) is 3.77. The van der Waals surface area contributed by atoms with Crippen LogP contribution >= 0.6 is 0 Å². The Morgan fingerprint density at radius 2 is 1.85 bits per heavy atom. The number of nitrogens with one attached hydrogen (secondary N) is 1. The number of carbonyl (C=O) groups is 2. The Labute approximate surface area is 153 Å². The summed E-state index contributed by atoms with van der Waals surface area (Å²) in [6.07, 6.45) is 1.57. The van der Waals surface area contributed by atoms with Crippen LogP contribution in [0.1, 0.15) is 44.1 Å². The molecule has 1 aliphatic carbocycles. The third kappa shape index (κ3) is 5.27. The lowest BCUT2D eigenvalue weighted by molar-refractivity contribution is -0.150. The molecule has 1 aromatic rings. The summed E-state index contributed by atoms with van der Waals surface area (Å²) in [7, 11) is 0. The number of primary amides is 1. The maximum absolute atomic E-state index is 12.1. The highest BCUT2D eigenvalue weighted by molar-refractivity contribution is 5.79. The van der Waals surface area contributed by atoms with E-state index in [0.29, 0.717) is 25.7 Å². The Kier molecular flexibility index (Phi) is 7.14. The lowest BCUT2D eigenvalue weighted by atomic mass is 9.70. The first kappa shape index (κ1) is 20.4. The molecule has 144 valence electrons. The maximum atomic E-state index is 12.1. The van der Waals surface area contributed by atoms with Crippen LogP contribution in [0.15, 0.2) is 30.3 Å². The monoisotopic (exact) mass is 364 g/mol. The Morgan fingerprint density at radius 1 is 1.23 bits per heavy atom. The van der Waals surface area contributed by atoms with Crippen molar-refractivity contribution in [1.29, 1.82) is 0 Å². The van der Waals surface area contributed by atoms with Crippen molar-refractivity contribution in [3.63, 3.8) is 0 Å². The summed E-state index contributed by atoms with van der Waals surface area (Å²) in [6.45, 7) is 0. The summed E-state index contributed by atoms with van der Waals surface area (Å²) in [5, 5.41) is 30.3. The first-order valence-corrected chi connectivity index (χ1v) is 9.03. The summed E-state index contributed by atoms with van der Waals surface area (Å²) in [5.74, 6) is -2.38. The summed E-state index contributed by atoms with van der Waals surface area (Å²) >= 11 is 0. The third-order valence-corrected chi connectivity index (χ3v) is 5.45. The molecular formula is C19H28N2O5. The van der Waals surface area contributed by atoms with Gasteiger partial charge in [0, 0.05) is 5.92 Å². The SMILES string of the molecule is NC(=O)C1CCC(O)([C@H](C[C@@H](O)CCc2ccccc2)C(=O)NO)CC1. The molecule has 0 bridgehead atoms. The van der Waals surface area contributed by atoms with Crippen molar-refractivity contribution < 1.29 is 25.0 Å². The zero-order chi connectivity index (χ0) is 19.2. The van der Waals surface area contributed by atoms with Crippen molar-refractivity contribution in [2.75, 3.05) is 0 Å². The molecule has 1 aromatic carbocycles. The molecule has 26 heavy (non-hydrogen) atoms. The fraction of sp³-hybridized carbons (Fsp3) is 0.579. The van der Waals surface area contributed by atoms with Crippen LogP contribution in [0.3, 0.4) is 0 Å². The van der Waals surface area contributed by atoms with Crippen LogP contribution in [0.4, 0.5) is 0 Å². The van der Waals surface area contributed by atoms with E-state index < -0.39 is 29.4 Å². The molecule has 0 heterocycles. The molecule has 1 fully saturated rings. The molecule has 0 aromatic heterocycles. The third-order valence-electron chi connectivity index (χ3n) is 5.45. The smallest absolute Gasteiger partial charge is 0.249 e. The number of hydrogen-bond acceptors (Lipinski definition) is 5. The molecule has 2 amide bonds. The summed E-state index contributed by atoms with van der Waals surface area (Å²) in [6, 6.07) is 9.68. The van der Waals surface area contributed by atoms with Crippen LogP contribution in [0.5, 0.6) is 0 Å². The van der Waals surface area contributed by atoms with Gasteiger partial charge in [-0.2, -0.15) is 0 Å². The van der Waals surface area contributed by atoms with Crippen molar-refractivity contribution in [3.05, 3.63) is 35.9 Å². The van der Waals surface area contributed by atoms with Gasteiger partial charge in [-0.1, -0.05) is 30.3 Å². The quantitative estimate of drug-likeness (QED) is 0.345. The van der Waals surface area contributed by atoms with Gasteiger partial charge < -0.3 is 15.9 Å². The summed E-state index contributed by atoms with van der Waals surface area (Å²) < 4.78 is 0. The number of aliphatic hydroxyl groups excluding tert-OH is 1. The zero-order valence-corrected chi connectivity index (χ0v) is 14.8. The average Bonchev–Trinajstić information content (AvgIpc) is 2.65. The Morgan fingerprint density at radius 3 is 2.38 bits per heavy atom. The molecule has 2 atom stereocenters. The first-order chi connectivity index (χ1) is 12.4. The topological polar surface area (TPSA) is 133 Å². The van der Waals surface area contributed by atoms with Crippen LogP contribution in [-0.2, 0) is 16.0 Å². The van der Waals surface area contributed by atoms with Crippen molar-refractivity contribution in [3.8, 4) is 0 Å². The minimum absolute atomic E-state index is 0.0387. The van der Waals surface area contributed by atoms with Gasteiger partial charge in [0.1, 0.15) is 0 Å². The lowest BCUT2D eigenvalue weighted by Crippen LogP contribution is -2.50. The molecule has 1 saturated carbocycles. The van der Waals surface area contributed by atoms with Gasteiger partial charge in [0.05, 0.1) is 17.6 Å². The van der Waals surface area contributed by atoms with E-state index in [-0.39, 0.29) is 25.2 Å². The van der Waals surface area contributed by atoms with E-state index in [1.165, 1.54) is 0 Å². The largest absolute Gasteiger partial charge is 0.393 e. The van der Waals surface area contributed by atoms with E-state index in [4.69, 9.17) is 10.9 Å². The van der Waals surface area contributed by atoms with Gasteiger partial charge in [0.2, 0.25) is 11.8 Å². The zero-order valence-electron chi connectivity index (χ0n) is 14.8. The van der Waals surface area contributed by atoms with Crippen molar-refractivity contribution in [1.82, 2.24) is 5.48 Å². The first-order valence-electron chi connectivity index (χ1n) is 9.03. The highest BCUT2D eigenvalue weighted by Crippen LogP contribution is 2.39. The van der Waals surface area contributed by atoms with Gasteiger partial charge in [0.15, 0.2) is 0 Å². The summed E-state index contributed by atoms with van der Waals surface area (Å²) in [4.78, 5) is 23.4. The summed E-state index contributed by atoms with van der Waals surface area (Å²) in [5.41, 5.74) is 6.62. The normalized spacial score (nSPS) is 25.3. The number of hydrogen-bond donors (Lipinski definition) is 5. The molecule has 6 N–H and O–H groups in total. The minimum Gasteiger partial charge on any atom is -0.393 e. The van der Waals surface area contributed by atoms with Crippen molar-refractivity contribution in [2.24, 2.45) is 17.6 Å². The van der Waals surface area contributed by atoms with E-state index >= 15 is 0 Å². The Balaban J connectivity index is 1.98. The Hall–Kier alpha value is -1.96. The lowest BCUT2D eigenvalue weighted by Gasteiger charge is -2.40. The van der Waals surface area contributed by atoms with E-state index in [1.54, 1.807) is 5.48 Å². The van der Waals surface area contributed by atoms with Gasteiger partial charge >= 0.3 is 0 Å². The molecule has 7 nitrogen and oxygen atoms in total. The number of amides is 2. The number of benzene rings is 1. The maximum Gasteiger partial charge on any atom is 0.249 e. The molecule has 2 rings (SSSR count). The number of carbonyl (C=O) groups excluding carboxylic acids is 2. The second kappa shape index (κ2) is 9.12. The number of rotatable bonds is 8. The van der Waals surface area contributed by atoms with Gasteiger partial charge in [-0.15, -0.1) is 0 Å². The van der Waals surface area contributed by atoms with E-state index in [2.05, 4.69) is 0 Å². The van der Waals surface area contributed by atoms with Crippen LogP contribution in [-0.4, -0.2) is 38.9 Å². The van der Waals surface area contributed by atoms with E-state index in [9.17, 15) is 19.8 Å². The molecule has 0 spiro atoms. The number of hydroxylamine groups is 1. The van der Waals surface area contributed by atoms with Gasteiger partial charge in [-0.25, -0.2) is 5.48 Å². The highest BCUT2D eigenvalue weighted by atomic mass is 16.5. The van der Waals surface area contributed by atoms with Gasteiger partial charge in [-0.3, -0.25) is 14.8 Å². The molecule has 0 radical (unpaired) electrons. The molecule has 0 unspecified atom stereocenters. The van der Waals surface area contributed by atoms with Gasteiger partial charge in [0.25, 0.3) is 0 Å². The fourth-order valence-electron chi connectivity index (χ4n) is 3.77. The number of nitrogens with two attached hydrogens (primary N) is 1. The Bertz CT molecular complexity index is 599.